The molecule has 0 atom stereocenters. The second-order valence-corrected chi connectivity index (χ2v) is 9.26. The van der Waals surface area contributed by atoms with E-state index < -0.39 is 0 Å². The van der Waals surface area contributed by atoms with Crippen LogP contribution in [-0.4, -0.2) is 19.5 Å². The fraction of sp³-hybridized carbons (Fsp3) is 0.435. The number of hydrogen-bond acceptors (Lipinski definition) is 4. The van der Waals surface area contributed by atoms with Crippen LogP contribution in [0, 0.1) is 23.6 Å². The molecule has 2 heterocycles. The van der Waals surface area contributed by atoms with Crippen molar-refractivity contribution in [2.45, 2.75) is 44.1 Å². The van der Waals surface area contributed by atoms with Gasteiger partial charge in [0.15, 0.2) is 0 Å². The molecule has 4 aliphatic carbocycles. The number of nitrogens with two attached hydrogens (primary N) is 1. The highest BCUT2D eigenvalue weighted by molar-refractivity contribution is 5.77. The Morgan fingerprint density at radius 2 is 1.59 bits per heavy atom. The number of imidazole rings is 1. The van der Waals surface area contributed by atoms with Crippen molar-refractivity contribution in [3.8, 4) is 22.6 Å². The molecule has 0 spiro atoms. The van der Waals surface area contributed by atoms with Crippen LogP contribution in [0.4, 0.5) is 10.3 Å². The molecule has 4 fully saturated rings. The largest absolute Gasteiger partial charge is 0.368 e. The summed E-state index contributed by atoms with van der Waals surface area (Å²) in [5, 5.41) is 0. The summed E-state index contributed by atoms with van der Waals surface area (Å²) in [5.41, 5.74) is 9.52. The molecule has 2 aromatic heterocycles. The van der Waals surface area contributed by atoms with Gasteiger partial charge in [-0.05, 0) is 86.6 Å². The van der Waals surface area contributed by atoms with Gasteiger partial charge in [0, 0.05) is 17.3 Å². The summed E-state index contributed by atoms with van der Waals surface area (Å²) in [6.07, 6.45) is 11.5. The summed E-state index contributed by atoms with van der Waals surface area (Å²) in [7, 11) is 0. The lowest BCUT2D eigenvalue weighted by Gasteiger charge is -2.57. The lowest BCUT2D eigenvalue weighted by molar-refractivity contribution is -0.0423. The lowest BCUT2D eigenvalue weighted by atomic mass is 9.53. The molecule has 0 aliphatic heterocycles. The molecule has 0 unspecified atom stereocenters. The van der Waals surface area contributed by atoms with E-state index in [1.54, 1.807) is 18.3 Å². The number of halogens is 1. The summed E-state index contributed by atoms with van der Waals surface area (Å²) in [6, 6.07) is 8.44. The molecular formula is C23H24FN5. The topological polar surface area (TPSA) is 69.6 Å². The summed E-state index contributed by atoms with van der Waals surface area (Å²) >= 11 is 0. The van der Waals surface area contributed by atoms with Crippen molar-refractivity contribution in [3.05, 3.63) is 48.7 Å². The Hall–Kier alpha value is -2.76. The highest BCUT2D eigenvalue weighted by Crippen LogP contribution is 2.59. The van der Waals surface area contributed by atoms with Gasteiger partial charge in [0.2, 0.25) is 5.95 Å². The van der Waals surface area contributed by atoms with Crippen LogP contribution in [0.2, 0.25) is 0 Å². The number of hydrogen-bond donors (Lipinski definition) is 1. The van der Waals surface area contributed by atoms with E-state index in [1.807, 2.05) is 12.4 Å². The number of aromatic nitrogens is 4. The standard InChI is InChI=1S/C23H24FN5/c24-18-3-1-17(2-4-18)20-21(19-5-6-26-22(25)28-19)29(13-27-20)23-10-14-7-15(11-23)9-16(8-14)12-23/h1-6,13-16H,7-12H2,(H2,25,26,28). The molecule has 1 aromatic carbocycles. The van der Waals surface area contributed by atoms with Crippen molar-refractivity contribution in [2.24, 2.45) is 17.8 Å². The number of nitrogens with zero attached hydrogens (tertiary/aromatic N) is 4. The van der Waals surface area contributed by atoms with Gasteiger partial charge in [0.25, 0.3) is 0 Å². The second-order valence-electron chi connectivity index (χ2n) is 9.26. The summed E-state index contributed by atoms with van der Waals surface area (Å²) in [4.78, 5) is 13.4. The highest BCUT2D eigenvalue weighted by Gasteiger charge is 2.52. The number of rotatable bonds is 3. The Balaban J connectivity index is 1.55. The van der Waals surface area contributed by atoms with Crippen LogP contribution in [0.1, 0.15) is 38.5 Å². The molecule has 148 valence electrons. The van der Waals surface area contributed by atoms with Gasteiger partial charge in [-0.2, -0.15) is 0 Å². The predicted molar refractivity (Wildman–Crippen MR) is 109 cm³/mol. The van der Waals surface area contributed by atoms with Crippen LogP contribution in [0.5, 0.6) is 0 Å². The van der Waals surface area contributed by atoms with Gasteiger partial charge in [0.05, 0.1) is 23.4 Å². The second kappa shape index (κ2) is 6.12. The molecule has 5 nitrogen and oxygen atoms in total. The molecule has 4 saturated carbocycles. The zero-order valence-electron chi connectivity index (χ0n) is 16.3. The van der Waals surface area contributed by atoms with Crippen LogP contribution in [0.15, 0.2) is 42.9 Å². The average Bonchev–Trinajstić information content (AvgIpc) is 3.14. The van der Waals surface area contributed by atoms with E-state index in [0.717, 1.165) is 40.4 Å². The van der Waals surface area contributed by atoms with Crippen LogP contribution in [0.3, 0.4) is 0 Å². The van der Waals surface area contributed by atoms with Crippen LogP contribution in [0.25, 0.3) is 22.6 Å². The van der Waals surface area contributed by atoms with E-state index in [9.17, 15) is 4.39 Å². The fourth-order valence-electron chi connectivity index (χ4n) is 6.64. The first kappa shape index (κ1) is 17.1. The molecular weight excluding hydrogens is 365 g/mol. The molecule has 4 aliphatic rings. The number of anilines is 1. The van der Waals surface area contributed by atoms with Crippen molar-refractivity contribution < 1.29 is 4.39 Å². The molecule has 2 N–H and O–H groups in total. The minimum atomic E-state index is -0.248. The molecule has 4 bridgehead atoms. The SMILES string of the molecule is Nc1nccc(-c2c(-c3ccc(F)cc3)ncn2C23CC4CC(CC(C4)C2)C3)n1. The molecule has 0 amide bonds. The molecule has 0 saturated heterocycles. The zero-order chi connectivity index (χ0) is 19.6. The minimum Gasteiger partial charge on any atom is -0.368 e. The van der Waals surface area contributed by atoms with Gasteiger partial charge in [-0.25, -0.2) is 19.3 Å². The average molecular weight is 389 g/mol. The van der Waals surface area contributed by atoms with Crippen molar-refractivity contribution in [2.75, 3.05) is 5.73 Å². The molecule has 6 heteroatoms. The molecule has 0 radical (unpaired) electrons. The number of benzene rings is 1. The minimum absolute atomic E-state index is 0.106. The summed E-state index contributed by atoms with van der Waals surface area (Å²) in [5.74, 6) is 2.47. The Kier molecular flexibility index (Phi) is 3.61. The van der Waals surface area contributed by atoms with Crippen molar-refractivity contribution in [1.29, 1.82) is 0 Å². The predicted octanol–water partition coefficient (Wildman–Crippen LogP) is 4.65. The lowest BCUT2D eigenvalue weighted by Crippen LogP contribution is -2.51. The Morgan fingerprint density at radius 1 is 0.931 bits per heavy atom. The zero-order valence-corrected chi connectivity index (χ0v) is 16.3. The van der Waals surface area contributed by atoms with E-state index in [0.29, 0.717) is 0 Å². The van der Waals surface area contributed by atoms with Gasteiger partial charge in [-0.1, -0.05) is 0 Å². The highest BCUT2D eigenvalue weighted by atomic mass is 19.1. The van der Waals surface area contributed by atoms with Crippen LogP contribution < -0.4 is 5.73 Å². The smallest absolute Gasteiger partial charge is 0.220 e. The summed E-state index contributed by atoms with van der Waals surface area (Å²) in [6.45, 7) is 0. The van der Waals surface area contributed by atoms with Crippen LogP contribution in [-0.2, 0) is 5.54 Å². The van der Waals surface area contributed by atoms with Gasteiger partial charge in [-0.3, -0.25) is 0 Å². The van der Waals surface area contributed by atoms with E-state index in [2.05, 4.69) is 14.5 Å². The Labute approximate surface area is 169 Å². The van der Waals surface area contributed by atoms with Crippen molar-refractivity contribution in [3.63, 3.8) is 0 Å². The quantitative estimate of drug-likeness (QED) is 0.708. The first-order valence-corrected chi connectivity index (χ1v) is 10.5. The van der Waals surface area contributed by atoms with Gasteiger partial charge in [-0.15, -0.1) is 0 Å². The van der Waals surface area contributed by atoms with E-state index >= 15 is 0 Å². The fourth-order valence-corrected chi connectivity index (χ4v) is 6.64. The van der Waals surface area contributed by atoms with Gasteiger partial charge in [0.1, 0.15) is 5.82 Å². The normalized spacial score (nSPS) is 30.0. The Morgan fingerprint density at radius 3 is 2.21 bits per heavy atom. The van der Waals surface area contributed by atoms with Crippen molar-refractivity contribution in [1.82, 2.24) is 19.5 Å². The van der Waals surface area contributed by atoms with Gasteiger partial charge >= 0.3 is 0 Å². The molecule has 3 aromatic rings. The monoisotopic (exact) mass is 389 g/mol. The Bertz CT molecular complexity index is 1040. The molecule has 7 rings (SSSR count). The van der Waals surface area contributed by atoms with Crippen LogP contribution >= 0.6 is 0 Å². The van der Waals surface area contributed by atoms with Gasteiger partial charge < -0.3 is 10.3 Å². The first-order chi connectivity index (χ1) is 14.1. The maximum atomic E-state index is 13.5. The van der Waals surface area contributed by atoms with E-state index in [4.69, 9.17) is 10.7 Å². The van der Waals surface area contributed by atoms with Crippen molar-refractivity contribution >= 4 is 5.95 Å². The maximum absolute atomic E-state index is 13.5. The summed E-state index contributed by atoms with van der Waals surface area (Å²) < 4.78 is 15.9. The third kappa shape index (κ3) is 2.69. The van der Waals surface area contributed by atoms with E-state index in [1.165, 1.54) is 50.7 Å². The first-order valence-electron chi connectivity index (χ1n) is 10.5. The third-order valence-electron chi connectivity index (χ3n) is 7.32. The molecule has 29 heavy (non-hydrogen) atoms. The van der Waals surface area contributed by atoms with E-state index in [-0.39, 0.29) is 17.3 Å². The number of nitrogen functional groups attached to an aromatic ring is 1. The maximum Gasteiger partial charge on any atom is 0.220 e. The third-order valence-corrected chi connectivity index (χ3v) is 7.32.